The molecule has 3 rings (SSSR count). The third-order valence-corrected chi connectivity index (χ3v) is 5.19. The molecule has 0 aliphatic carbocycles. The first kappa shape index (κ1) is 21.8. The Labute approximate surface area is 180 Å². The highest BCUT2D eigenvalue weighted by Crippen LogP contribution is 2.17. The highest BCUT2D eigenvalue weighted by atomic mass is 35.5. The number of hydrogen-bond acceptors (Lipinski definition) is 5. The lowest BCUT2D eigenvalue weighted by Gasteiger charge is -2.17. The Kier molecular flexibility index (Phi) is 6.72. The number of amides is 1. The summed E-state index contributed by atoms with van der Waals surface area (Å²) in [5.41, 5.74) is 5.38. The van der Waals surface area contributed by atoms with Gasteiger partial charge in [-0.2, -0.15) is 5.10 Å². The van der Waals surface area contributed by atoms with E-state index in [1.807, 2.05) is 39.0 Å². The molecule has 2 heterocycles. The molecule has 0 aliphatic rings. The lowest BCUT2D eigenvalue weighted by atomic mass is 10.1. The fourth-order valence-corrected chi connectivity index (χ4v) is 3.56. The summed E-state index contributed by atoms with van der Waals surface area (Å²) in [6, 6.07) is 9.21. The smallest absolute Gasteiger partial charge is 0.306 e. The molecule has 0 fully saturated rings. The molecule has 158 valence electrons. The topological polar surface area (TPSA) is 76.8 Å². The van der Waals surface area contributed by atoms with Crippen LogP contribution in [0.5, 0.6) is 0 Å². The highest BCUT2D eigenvalue weighted by molar-refractivity contribution is 6.30. The number of ether oxygens (including phenoxy) is 1. The average molecular weight is 429 g/mol. The normalized spacial score (nSPS) is 11.0. The first-order valence-electron chi connectivity index (χ1n) is 9.71. The van der Waals surface area contributed by atoms with Crippen LogP contribution in [-0.4, -0.2) is 45.0 Å². The van der Waals surface area contributed by atoms with E-state index in [4.69, 9.17) is 16.3 Å². The molecule has 0 saturated heterocycles. The van der Waals surface area contributed by atoms with Crippen molar-refractivity contribution in [3.05, 3.63) is 63.6 Å². The average Bonchev–Trinajstić information content (AvgIpc) is 3.06. The molecular weight excluding hydrogens is 404 g/mol. The van der Waals surface area contributed by atoms with Gasteiger partial charge in [-0.25, -0.2) is 9.50 Å². The number of carbonyl (C=O) groups excluding carboxylic acids is 2. The summed E-state index contributed by atoms with van der Waals surface area (Å²) < 4.78 is 6.97. The van der Waals surface area contributed by atoms with Gasteiger partial charge in [0, 0.05) is 42.5 Å². The van der Waals surface area contributed by atoms with Gasteiger partial charge < -0.3 is 9.64 Å². The van der Waals surface area contributed by atoms with Gasteiger partial charge in [0.25, 0.3) is 5.91 Å². The van der Waals surface area contributed by atoms with Crippen LogP contribution < -0.4 is 0 Å². The van der Waals surface area contributed by atoms with E-state index >= 15 is 0 Å². The molecule has 1 amide bonds. The summed E-state index contributed by atoms with van der Waals surface area (Å²) >= 11 is 5.97. The van der Waals surface area contributed by atoms with Crippen LogP contribution in [-0.2, 0) is 27.3 Å². The van der Waals surface area contributed by atoms with Crippen LogP contribution in [0.25, 0.3) is 5.65 Å². The van der Waals surface area contributed by atoms with Gasteiger partial charge in [-0.15, -0.1) is 0 Å². The van der Waals surface area contributed by atoms with Crippen molar-refractivity contribution in [3.63, 3.8) is 0 Å². The van der Waals surface area contributed by atoms with Crippen molar-refractivity contribution < 1.29 is 14.3 Å². The third-order valence-electron chi connectivity index (χ3n) is 4.96. The minimum absolute atomic E-state index is 0.167. The van der Waals surface area contributed by atoms with Gasteiger partial charge in [0.1, 0.15) is 0 Å². The monoisotopic (exact) mass is 428 g/mol. The number of aromatic nitrogens is 3. The van der Waals surface area contributed by atoms with E-state index in [0.29, 0.717) is 18.0 Å². The van der Waals surface area contributed by atoms with E-state index in [-0.39, 0.29) is 18.9 Å². The third kappa shape index (κ3) is 5.16. The maximum absolute atomic E-state index is 12.3. The van der Waals surface area contributed by atoms with E-state index in [1.54, 1.807) is 23.7 Å². The number of fused-ring (bicyclic) bond motifs is 1. The largest absolute Gasteiger partial charge is 0.456 e. The molecule has 3 aromatic rings. The second-order valence-electron chi connectivity index (χ2n) is 7.36. The molecule has 0 spiro atoms. The van der Waals surface area contributed by atoms with Crippen molar-refractivity contribution >= 4 is 29.1 Å². The Hall–Kier alpha value is -2.93. The van der Waals surface area contributed by atoms with Crippen LogP contribution in [0.4, 0.5) is 0 Å². The Morgan fingerprint density at radius 3 is 2.70 bits per heavy atom. The first-order valence-corrected chi connectivity index (χ1v) is 10.1. The predicted molar refractivity (Wildman–Crippen MR) is 114 cm³/mol. The van der Waals surface area contributed by atoms with Crippen molar-refractivity contribution in [3.8, 4) is 0 Å². The molecule has 8 heteroatoms. The van der Waals surface area contributed by atoms with E-state index in [1.165, 1.54) is 4.90 Å². The number of carbonyl (C=O) groups is 2. The molecule has 0 aliphatic heterocycles. The summed E-state index contributed by atoms with van der Waals surface area (Å²) in [7, 11) is 1.66. The molecule has 30 heavy (non-hydrogen) atoms. The van der Waals surface area contributed by atoms with Crippen molar-refractivity contribution in [2.24, 2.45) is 0 Å². The van der Waals surface area contributed by atoms with Crippen LogP contribution in [0.15, 0.2) is 30.3 Å². The minimum Gasteiger partial charge on any atom is -0.456 e. The van der Waals surface area contributed by atoms with Crippen molar-refractivity contribution in [1.82, 2.24) is 19.5 Å². The molecule has 1 aromatic carbocycles. The Morgan fingerprint density at radius 2 is 1.97 bits per heavy atom. The molecule has 2 aromatic heterocycles. The van der Waals surface area contributed by atoms with E-state index in [0.717, 1.165) is 33.9 Å². The van der Waals surface area contributed by atoms with Gasteiger partial charge in [-0.05, 0) is 50.5 Å². The molecule has 0 N–H and O–H groups in total. The number of halogens is 1. The van der Waals surface area contributed by atoms with Gasteiger partial charge in [0.2, 0.25) is 0 Å². The van der Waals surface area contributed by atoms with E-state index < -0.39 is 5.97 Å². The van der Waals surface area contributed by atoms with Crippen molar-refractivity contribution in [1.29, 1.82) is 0 Å². The first-order chi connectivity index (χ1) is 14.2. The quantitative estimate of drug-likeness (QED) is 0.539. The summed E-state index contributed by atoms with van der Waals surface area (Å²) in [4.78, 5) is 30.5. The van der Waals surface area contributed by atoms with Gasteiger partial charge in [0.05, 0.1) is 5.69 Å². The fraction of sp³-hybridized carbons (Fsp3) is 0.364. The lowest BCUT2D eigenvalue weighted by Crippen LogP contribution is -2.30. The number of benzene rings is 1. The van der Waals surface area contributed by atoms with Crippen LogP contribution in [0, 0.1) is 20.8 Å². The summed E-state index contributed by atoms with van der Waals surface area (Å²) in [6.45, 7) is 5.90. The maximum Gasteiger partial charge on any atom is 0.306 e. The standard InChI is InChI=1S/C22H25ClN4O3/c1-14-10-20-24-15(2)19(16(3)27(20)25-14)8-9-22(29)30-13-21(28)26(4)12-17-6-5-7-18(23)11-17/h5-7,10-11H,8-9,12-13H2,1-4H3. The van der Waals surface area contributed by atoms with E-state index in [9.17, 15) is 9.59 Å². The molecule has 0 saturated carbocycles. The predicted octanol–water partition coefficient (Wildman–Crippen LogP) is 3.44. The number of nitrogens with zero attached hydrogens (tertiary/aromatic N) is 4. The summed E-state index contributed by atoms with van der Waals surface area (Å²) in [6.07, 6.45) is 0.644. The molecule has 0 bridgehead atoms. The van der Waals surface area contributed by atoms with Crippen molar-refractivity contribution in [2.45, 2.75) is 40.2 Å². The Bertz CT molecular complexity index is 1090. The lowest BCUT2D eigenvalue weighted by molar-refractivity contribution is -0.151. The minimum atomic E-state index is -0.421. The van der Waals surface area contributed by atoms with Crippen LogP contribution in [0.1, 0.15) is 34.6 Å². The molecule has 0 radical (unpaired) electrons. The summed E-state index contributed by atoms with van der Waals surface area (Å²) in [5, 5.41) is 5.05. The highest BCUT2D eigenvalue weighted by Gasteiger charge is 2.16. The molecule has 0 unspecified atom stereocenters. The number of aryl methyl sites for hydroxylation is 3. The van der Waals surface area contributed by atoms with Gasteiger partial charge in [-0.3, -0.25) is 9.59 Å². The zero-order chi connectivity index (χ0) is 21.8. The van der Waals surface area contributed by atoms with E-state index in [2.05, 4.69) is 10.1 Å². The zero-order valence-electron chi connectivity index (χ0n) is 17.6. The second-order valence-corrected chi connectivity index (χ2v) is 7.79. The van der Waals surface area contributed by atoms with Crippen molar-refractivity contribution in [2.75, 3.05) is 13.7 Å². The molecular formula is C22H25ClN4O3. The van der Waals surface area contributed by atoms with Gasteiger partial charge >= 0.3 is 5.97 Å². The van der Waals surface area contributed by atoms with Crippen LogP contribution >= 0.6 is 11.6 Å². The number of rotatable bonds is 7. The number of esters is 1. The Morgan fingerprint density at radius 1 is 1.20 bits per heavy atom. The number of likely N-dealkylation sites (N-methyl/N-ethyl adjacent to an activating group) is 1. The van der Waals surface area contributed by atoms with Gasteiger partial charge in [0.15, 0.2) is 12.3 Å². The summed E-state index contributed by atoms with van der Waals surface area (Å²) in [5.74, 6) is -0.694. The molecule has 0 atom stereocenters. The fourth-order valence-electron chi connectivity index (χ4n) is 3.35. The zero-order valence-corrected chi connectivity index (χ0v) is 18.4. The van der Waals surface area contributed by atoms with Gasteiger partial charge in [-0.1, -0.05) is 23.7 Å². The Balaban J connectivity index is 1.52. The van der Waals surface area contributed by atoms with Crippen LogP contribution in [0.3, 0.4) is 0 Å². The number of hydrogen-bond donors (Lipinski definition) is 0. The SMILES string of the molecule is Cc1cc2nc(C)c(CCC(=O)OCC(=O)N(C)Cc3cccc(Cl)c3)c(C)n2n1. The van der Waals surface area contributed by atoms with Crippen LogP contribution in [0.2, 0.25) is 5.02 Å². The second kappa shape index (κ2) is 9.26. The molecule has 7 nitrogen and oxygen atoms in total. The maximum atomic E-state index is 12.3.